The van der Waals surface area contributed by atoms with E-state index in [0.29, 0.717) is 45.8 Å². The Kier molecular flexibility index (Phi) is 13.1. The first-order valence-corrected chi connectivity index (χ1v) is 26.0. The molecule has 5 heteroatoms. The van der Waals surface area contributed by atoms with E-state index in [-0.39, 0.29) is 5.97 Å². The number of hydrogen-bond donors (Lipinski definition) is 3. The van der Waals surface area contributed by atoms with Crippen LogP contribution in [0.15, 0.2) is 0 Å². The summed E-state index contributed by atoms with van der Waals surface area (Å²) >= 11 is 0. The second kappa shape index (κ2) is 16.7. The van der Waals surface area contributed by atoms with Crippen LogP contribution in [0.4, 0.5) is 0 Å². The molecular formula is C55H96O5. The van der Waals surface area contributed by atoms with Gasteiger partial charge in [0.15, 0.2) is 0 Å². The molecule has 5 nitrogen and oxygen atoms in total. The van der Waals surface area contributed by atoms with Crippen LogP contribution in [0.2, 0.25) is 0 Å². The van der Waals surface area contributed by atoms with Gasteiger partial charge in [0.1, 0.15) is 0 Å². The monoisotopic (exact) mass is 837 g/mol. The highest BCUT2D eigenvalue weighted by molar-refractivity contribution is 5.69. The molecule has 0 aromatic carbocycles. The molecule has 0 spiro atoms. The standard InChI is InChI=1S/C28H50O2.C27H46O3/c1-18(10-12-25(3,4)29)21-8-9-22-20-16-19(2)24-17-26(5,30)14-15-28(24,7)23(20)11-13-27(21,22)6;1-17(7-10-24(28)30-6)20-8-9-21-19-15-18(2)23-16-25(3,29)13-14-27(23,5)22(19)11-12-26(20,21)4/h18-24,29-30H,8-17H2,1-7H3;17-23,29H,7-16H2,1-6H3/t18-,19-,20+,21-,22+,23+,24-,26+,27-,28-;17-,18-,19+,20-,21+,22+,23-,25+,26-,27-/m11/s1. The van der Waals surface area contributed by atoms with Gasteiger partial charge >= 0.3 is 5.97 Å². The topological polar surface area (TPSA) is 87.0 Å². The average Bonchev–Trinajstić information content (AvgIpc) is 3.71. The predicted octanol–water partition coefficient (Wildman–Crippen LogP) is 13.1. The number of methoxy groups -OCH3 is 1. The third-order valence-electron chi connectivity index (χ3n) is 22.4. The van der Waals surface area contributed by atoms with Gasteiger partial charge in [-0.3, -0.25) is 4.79 Å². The molecule has 0 amide bonds. The summed E-state index contributed by atoms with van der Waals surface area (Å²) in [5, 5.41) is 31.9. The van der Waals surface area contributed by atoms with Crippen LogP contribution < -0.4 is 0 Å². The number of carbonyl (C=O) groups excluding carboxylic acids is 1. The molecule has 8 fully saturated rings. The highest BCUT2D eigenvalue weighted by Gasteiger charge is 2.64. The van der Waals surface area contributed by atoms with E-state index in [4.69, 9.17) is 4.74 Å². The molecule has 0 aliphatic heterocycles. The zero-order valence-electron chi connectivity index (χ0n) is 41.4. The normalized spacial score (nSPS) is 51.9. The molecule has 20 atom stereocenters. The van der Waals surface area contributed by atoms with Gasteiger partial charge in [-0.25, -0.2) is 0 Å². The van der Waals surface area contributed by atoms with Crippen LogP contribution in [0.1, 0.15) is 212 Å². The van der Waals surface area contributed by atoms with E-state index in [0.717, 1.165) is 110 Å². The van der Waals surface area contributed by atoms with Crippen molar-refractivity contribution in [3.05, 3.63) is 0 Å². The van der Waals surface area contributed by atoms with Crippen LogP contribution in [-0.2, 0) is 9.53 Å². The number of aliphatic hydroxyl groups is 3. The van der Waals surface area contributed by atoms with Crippen molar-refractivity contribution < 1.29 is 24.9 Å². The van der Waals surface area contributed by atoms with E-state index in [9.17, 15) is 20.1 Å². The Morgan fingerprint density at radius 1 is 0.600 bits per heavy atom. The Labute approximate surface area is 369 Å². The number of hydrogen-bond acceptors (Lipinski definition) is 5. The number of rotatable bonds is 8. The second-order valence-corrected chi connectivity index (χ2v) is 26.7. The number of fused-ring (bicyclic) bond motifs is 10. The first kappa shape index (κ1) is 47.3. The molecule has 0 aromatic rings. The second-order valence-electron chi connectivity index (χ2n) is 26.7. The van der Waals surface area contributed by atoms with Crippen molar-refractivity contribution in [1.29, 1.82) is 0 Å². The lowest BCUT2D eigenvalue weighted by atomic mass is 9.42. The van der Waals surface area contributed by atoms with Gasteiger partial charge in [-0.2, -0.15) is 0 Å². The molecular weight excluding hydrogens is 741 g/mol. The highest BCUT2D eigenvalue weighted by atomic mass is 16.5. The van der Waals surface area contributed by atoms with E-state index in [1.165, 1.54) is 84.2 Å². The van der Waals surface area contributed by atoms with E-state index >= 15 is 0 Å². The molecule has 0 bridgehead atoms. The van der Waals surface area contributed by atoms with Crippen molar-refractivity contribution >= 4 is 5.97 Å². The zero-order valence-corrected chi connectivity index (χ0v) is 41.4. The van der Waals surface area contributed by atoms with Crippen LogP contribution in [-0.4, -0.2) is 45.2 Å². The minimum Gasteiger partial charge on any atom is -0.469 e. The maximum absolute atomic E-state index is 11.7. The predicted molar refractivity (Wildman–Crippen MR) is 246 cm³/mol. The summed E-state index contributed by atoms with van der Waals surface area (Å²) in [5.74, 6) is 10.9. The molecule has 8 saturated carbocycles. The molecule has 8 aliphatic rings. The Balaban J connectivity index is 0.000000181. The van der Waals surface area contributed by atoms with Crippen molar-refractivity contribution in [2.24, 2.45) is 105 Å². The molecule has 0 radical (unpaired) electrons. The Bertz CT molecular complexity index is 1510. The molecule has 0 aromatic heterocycles. The zero-order chi connectivity index (χ0) is 44.0. The lowest BCUT2D eigenvalue weighted by molar-refractivity contribution is -0.166. The Morgan fingerprint density at radius 2 is 1.00 bits per heavy atom. The first-order valence-electron chi connectivity index (χ1n) is 26.0. The first-order chi connectivity index (χ1) is 27.8. The Hall–Kier alpha value is -0.650. The summed E-state index contributed by atoms with van der Waals surface area (Å²) in [6.07, 6.45) is 23.9. The summed E-state index contributed by atoms with van der Waals surface area (Å²) in [4.78, 5) is 11.7. The van der Waals surface area contributed by atoms with Crippen LogP contribution in [0.25, 0.3) is 0 Å². The Morgan fingerprint density at radius 3 is 1.40 bits per heavy atom. The van der Waals surface area contributed by atoms with Gasteiger partial charge in [-0.15, -0.1) is 0 Å². The van der Waals surface area contributed by atoms with E-state index in [1.54, 1.807) is 0 Å². The van der Waals surface area contributed by atoms with E-state index < -0.39 is 16.8 Å². The van der Waals surface area contributed by atoms with E-state index in [2.05, 4.69) is 69.2 Å². The van der Waals surface area contributed by atoms with Gasteiger partial charge < -0.3 is 20.1 Å². The fourth-order valence-electron chi connectivity index (χ4n) is 19.1. The van der Waals surface area contributed by atoms with Gasteiger partial charge in [0, 0.05) is 6.42 Å². The molecule has 60 heavy (non-hydrogen) atoms. The molecule has 8 aliphatic carbocycles. The van der Waals surface area contributed by atoms with Crippen LogP contribution in [0.3, 0.4) is 0 Å². The largest absolute Gasteiger partial charge is 0.469 e. The average molecular weight is 837 g/mol. The minimum atomic E-state index is -0.532. The van der Waals surface area contributed by atoms with Crippen LogP contribution in [0, 0.1) is 105 Å². The summed E-state index contributed by atoms with van der Waals surface area (Å²) in [6.45, 7) is 28.4. The van der Waals surface area contributed by atoms with Gasteiger partial charge in [0.05, 0.1) is 23.9 Å². The number of carbonyl (C=O) groups is 1. The third kappa shape index (κ3) is 8.50. The summed E-state index contributed by atoms with van der Waals surface area (Å²) in [6, 6.07) is 0. The SMILES string of the molecule is COC(=O)CC[C@@H](C)[C@H]1CC[C@H]2[C@@H]3C[C@@H](C)[C@H]4C[C@@](C)(O)CC[C@]4(C)[C@H]3CC[C@]12C.C[C@@H]1C[C@@H]2[C@H](CC[C@]3(C)[C@@H]([C@H](C)CCC(C)(C)O)CC[C@@H]23)[C@@]2(C)CC[C@](C)(O)C[C@H]12. The molecule has 0 heterocycles. The summed E-state index contributed by atoms with van der Waals surface area (Å²) in [7, 11) is 1.50. The van der Waals surface area contributed by atoms with Gasteiger partial charge in [-0.05, 0) is 254 Å². The lowest BCUT2D eigenvalue weighted by Crippen LogP contribution is -2.57. The van der Waals surface area contributed by atoms with Crippen LogP contribution in [0.5, 0.6) is 0 Å². The maximum Gasteiger partial charge on any atom is 0.305 e. The van der Waals surface area contributed by atoms with Crippen molar-refractivity contribution in [1.82, 2.24) is 0 Å². The summed E-state index contributed by atoms with van der Waals surface area (Å²) in [5.41, 5.74) is 0.375. The third-order valence-corrected chi connectivity index (χ3v) is 22.4. The van der Waals surface area contributed by atoms with Crippen molar-refractivity contribution in [2.45, 2.75) is 228 Å². The minimum absolute atomic E-state index is 0.0569. The van der Waals surface area contributed by atoms with Gasteiger partial charge in [-0.1, -0.05) is 55.4 Å². The van der Waals surface area contributed by atoms with Gasteiger partial charge in [0.25, 0.3) is 0 Å². The fourth-order valence-corrected chi connectivity index (χ4v) is 19.1. The number of esters is 1. The van der Waals surface area contributed by atoms with E-state index in [1.807, 2.05) is 13.8 Å². The smallest absolute Gasteiger partial charge is 0.305 e. The fraction of sp³-hybridized carbons (Fsp3) is 0.982. The molecule has 0 saturated heterocycles. The molecule has 3 N–H and O–H groups in total. The molecule has 0 unspecified atom stereocenters. The van der Waals surface area contributed by atoms with Gasteiger partial charge in [0.2, 0.25) is 0 Å². The van der Waals surface area contributed by atoms with Crippen molar-refractivity contribution in [3.8, 4) is 0 Å². The highest BCUT2D eigenvalue weighted by Crippen LogP contribution is 2.71. The quantitative estimate of drug-likeness (QED) is 0.212. The van der Waals surface area contributed by atoms with Crippen molar-refractivity contribution in [3.63, 3.8) is 0 Å². The lowest BCUT2D eigenvalue weighted by Gasteiger charge is -2.64. The number of ether oxygens (including phenoxy) is 1. The summed E-state index contributed by atoms with van der Waals surface area (Å²) < 4.78 is 4.90. The van der Waals surface area contributed by atoms with Crippen LogP contribution >= 0.6 is 0 Å². The molecule has 8 rings (SSSR count). The maximum atomic E-state index is 11.7. The molecule has 346 valence electrons. The van der Waals surface area contributed by atoms with Crippen molar-refractivity contribution in [2.75, 3.05) is 7.11 Å².